The van der Waals surface area contributed by atoms with Crippen LogP contribution in [0, 0.1) is 0 Å². The van der Waals surface area contributed by atoms with Crippen molar-refractivity contribution in [2.75, 3.05) is 13.2 Å². The predicted octanol–water partition coefficient (Wildman–Crippen LogP) is 1.64. The molecule has 0 saturated carbocycles. The Hall–Kier alpha value is -0.493. The minimum Gasteiger partial charge on any atom is -0.396 e. The SMILES string of the molecule is C=C(C)C(=O)C(C)O[Si](C)(CCO)OCC. The fourth-order valence-electron chi connectivity index (χ4n) is 1.45. The summed E-state index contributed by atoms with van der Waals surface area (Å²) in [6, 6.07) is 0.467. The molecule has 4 nitrogen and oxygen atoms in total. The van der Waals surface area contributed by atoms with Gasteiger partial charge in [0, 0.05) is 19.3 Å². The third-order valence-corrected chi connectivity index (χ3v) is 5.11. The van der Waals surface area contributed by atoms with E-state index in [-0.39, 0.29) is 12.4 Å². The van der Waals surface area contributed by atoms with Crippen LogP contribution in [0.4, 0.5) is 0 Å². The Kier molecular flexibility index (Phi) is 6.74. The molecule has 5 heteroatoms. The van der Waals surface area contributed by atoms with Gasteiger partial charge in [0.05, 0.1) is 0 Å². The Labute approximate surface area is 98.5 Å². The standard InChI is InChI=1S/C11H22O4Si/c1-6-14-16(5,8-7-12)15-10(4)11(13)9(2)3/h10,12H,2,6-8H2,1,3-5H3. The van der Waals surface area contributed by atoms with Crippen molar-refractivity contribution < 1.29 is 18.8 Å². The number of Topliss-reactive ketones (excluding diaryl/α,β-unsaturated/α-hetero) is 1. The fourth-order valence-corrected chi connectivity index (χ4v) is 3.65. The monoisotopic (exact) mass is 246 g/mol. The van der Waals surface area contributed by atoms with E-state index in [0.717, 1.165) is 0 Å². The zero-order valence-corrected chi connectivity index (χ0v) is 11.6. The number of aliphatic hydroxyl groups excluding tert-OH is 1. The van der Waals surface area contributed by atoms with Crippen molar-refractivity contribution in [2.45, 2.75) is 39.5 Å². The highest BCUT2D eigenvalue weighted by Gasteiger charge is 2.34. The molecular formula is C11H22O4Si. The van der Waals surface area contributed by atoms with Crippen LogP contribution >= 0.6 is 0 Å². The number of rotatable bonds is 8. The second-order valence-electron chi connectivity index (χ2n) is 3.95. The van der Waals surface area contributed by atoms with Gasteiger partial charge in [-0.1, -0.05) is 6.58 Å². The zero-order chi connectivity index (χ0) is 12.8. The zero-order valence-electron chi connectivity index (χ0n) is 10.6. The summed E-state index contributed by atoms with van der Waals surface area (Å²) in [6.07, 6.45) is -0.549. The maximum Gasteiger partial charge on any atom is 0.337 e. The lowest BCUT2D eigenvalue weighted by molar-refractivity contribution is -0.122. The first-order chi connectivity index (χ1) is 7.36. The third kappa shape index (κ3) is 5.02. The average Bonchev–Trinajstić information content (AvgIpc) is 2.16. The van der Waals surface area contributed by atoms with Gasteiger partial charge in [0.25, 0.3) is 0 Å². The van der Waals surface area contributed by atoms with Gasteiger partial charge in [0.15, 0.2) is 5.78 Å². The normalized spacial score (nSPS) is 16.6. The van der Waals surface area contributed by atoms with E-state index >= 15 is 0 Å². The van der Waals surface area contributed by atoms with E-state index in [9.17, 15) is 4.79 Å². The first kappa shape index (κ1) is 15.5. The van der Waals surface area contributed by atoms with E-state index in [1.807, 2.05) is 13.5 Å². The molecule has 2 unspecified atom stereocenters. The Bertz CT molecular complexity index is 246. The molecule has 0 fully saturated rings. The van der Waals surface area contributed by atoms with Gasteiger partial charge in [-0.2, -0.15) is 0 Å². The Morgan fingerprint density at radius 1 is 1.56 bits per heavy atom. The van der Waals surface area contributed by atoms with Crippen LogP contribution in [0.3, 0.4) is 0 Å². The van der Waals surface area contributed by atoms with E-state index in [0.29, 0.717) is 18.2 Å². The van der Waals surface area contributed by atoms with Crippen molar-refractivity contribution in [3.63, 3.8) is 0 Å². The molecule has 0 saturated heterocycles. The smallest absolute Gasteiger partial charge is 0.337 e. The van der Waals surface area contributed by atoms with Crippen molar-refractivity contribution in [3.8, 4) is 0 Å². The van der Waals surface area contributed by atoms with E-state index in [1.165, 1.54) is 0 Å². The van der Waals surface area contributed by atoms with Crippen LogP contribution in [0.5, 0.6) is 0 Å². The highest BCUT2D eigenvalue weighted by Crippen LogP contribution is 2.17. The van der Waals surface area contributed by atoms with Crippen molar-refractivity contribution in [1.82, 2.24) is 0 Å². The van der Waals surface area contributed by atoms with Crippen molar-refractivity contribution in [3.05, 3.63) is 12.2 Å². The molecule has 0 aliphatic carbocycles. The largest absolute Gasteiger partial charge is 0.396 e. The molecule has 2 atom stereocenters. The minimum absolute atomic E-state index is 0.0106. The summed E-state index contributed by atoms with van der Waals surface area (Å²) >= 11 is 0. The van der Waals surface area contributed by atoms with Gasteiger partial charge < -0.3 is 14.0 Å². The van der Waals surface area contributed by atoms with Crippen LogP contribution in [-0.2, 0) is 13.6 Å². The third-order valence-electron chi connectivity index (χ3n) is 2.23. The lowest BCUT2D eigenvalue weighted by Crippen LogP contribution is -2.44. The predicted molar refractivity (Wildman–Crippen MR) is 65.5 cm³/mol. The minimum atomic E-state index is -2.43. The van der Waals surface area contributed by atoms with Gasteiger partial charge in [0.2, 0.25) is 0 Å². The molecule has 16 heavy (non-hydrogen) atoms. The maximum atomic E-state index is 11.6. The molecule has 0 heterocycles. The Morgan fingerprint density at radius 3 is 2.50 bits per heavy atom. The molecule has 0 bridgehead atoms. The van der Waals surface area contributed by atoms with Crippen LogP contribution in [0.25, 0.3) is 0 Å². The van der Waals surface area contributed by atoms with Gasteiger partial charge in [-0.05, 0) is 32.9 Å². The summed E-state index contributed by atoms with van der Waals surface area (Å²) < 4.78 is 11.2. The Balaban J connectivity index is 4.50. The second kappa shape index (κ2) is 6.96. The van der Waals surface area contributed by atoms with E-state index in [4.69, 9.17) is 14.0 Å². The number of hydrogen-bond acceptors (Lipinski definition) is 4. The van der Waals surface area contributed by atoms with Crippen LogP contribution < -0.4 is 0 Å². The first-order valence-corrected chi connectivity index (χ1v) is 8.01. The van der Waals surface area contributed by atoms with Crippen LogP contribution in [0.15, 0.2) is 12.2 Å². The molecule has 1 N–H and O–H groups in total. The Morgan fingerprint density at radius 2 is 2.12 bits per heavy atom. The van der Waals surface area contributed by atoms with E-state index < -0.39 is 14.7 Å². The molecule has 0 amide bonds. The number of ketones is 1. The van der Waals surface area contributed by atoms with Gasteiger partial charge in [-0.15, -0.1) is 0 Å². The van der Waals surface area contributed by atoms with Gasteiger partial charge >= 0.3 is 8.56 Å². The molecule has 0 aromatic heterocycles. The highest BCUT2D eigenvalue weighted by atomic mass is 28.4. The van der Waals surface area contributed by atoms with E-state index in [1.54, 1.807) is 13.8 Å². The molecule has 0 aliphatic heterocycles. The van der Waals surface area contributed by atoms with Crippen LogP contribution in [-0.4, -0.2) is 38.8 Å². The number of aliphatic hydroxyl groups is 1. The molecule has 0 radical (unpaired) electrons. The summed E-state index contributed by atoms with van der Waals surface area (Å²) in [6.45, 7) is 11.2. The van der Waals surface area contributed by atoms with Gasteiger partial charge in [-0.3, -0.25) is 4.79 Å². The fraction of sp³-hybridized carbons (Fsp3) is 0.727. The average molecular weight is 246 g/mol. The van der Waals surface area contributed by atoms with Gasteiger partial charge in [-0.25, -0.2) is 0 Å². The lowest BCUT2D eigenvalue weighted by atomic mass is 10.1. The van der Waals surface area contributed by atoms with Crippen molar-refractivity contribution >= 4 is 14.3 Å². The lowest BCUT2D eigenvalue weighted by Gasteiger charge is -2.28. The quantitative estimate of drug-likeness (QED) is 0.522. The molecule has 0 aromatic carbocycles. The van der Waals surface area contributed by atoms with Crippen molar-refractivity contribution in [1.29, 1.82) is 0 Å². The van der Waals surface area contributed by atoms with Gasteiger partial charge in [0.1, 0.15) is 6.10 Å². The summed E-state index contributed by atoms with van der Waals surface area (Å²) in [5.74, 6) is -0.114. The maximum absolute atomic E-state index is 11.6. The number of carbonyl (C=O) groups is 1. The molecule has 0 aromatic rings. The van der Waals surface area contributed by atoms with E-state index in [2.05, 4.69) is 6.58 Å². The molecular weight excluding hydrogens is 224 g/mol. The van der Waals surface area contributed by atoms with Crippen LogP contribution in [0.1, 0.15) is 20.8 Å². The second-order valence-corrected chi connectivity index (χ2v) is 7.24. The highest BCUT2D eigenvalue weighted by molar-refractivity contribution is 6.66. The topological polar surface area (TPSA) is 55.8 Å². The summed E-state index contributed by atoms with van der Waals surface area (Å²) in [7, 11) is -2.43. The first-order valence-electron chi connectivity index (χ1n) is 5.48. The van der Waals surface area contributed by atoms with Crippen LogP contribution in [0.2, 0.25) is 12.6 Å². The summed E-state index contributed by atoms with van der Waals surface area (Å²) in [5.41, 5.74) is 0.476. The molecule has 94 valence electrons. The molecule has 0 aliphatic rings. The number of hydrogen-bond donors (Lipinski definition) is 1. The molecule has 0 spiro atoms. The summed E-state index contributed by atoms with van der Waals surface area (Å²) in [4.78, 5) is 11.6. The molecule has 0 rings (SSSR count). The van der Waals surface area contributed by atoms with Crippen molar-refractivity contribution in [2.24, 2.45) is 0 Å². The summed E-state index contributed by atoms with van der Waals surface area (Å²) in [5, 5.41) is 8.96. The number of carbonyl (C=O) groups excluding carboxylic acids is 1.